The number of rotatable bonds is 10. The number of halogens is 1. The monoisotopic (exact) mass is 494 g/mol. The Morgan fingerprint density at radius 2 is 1.63 bits per heavy atom. The molecule has 1 N–H and O–H groups in total. The summed E-state index contributed by atoms with van der Waals surface area (Å²) in [5, 5.41) is 3.62. The van der Waals surface area contributed by atoms with Gasteiger partial charge in [0.2, 0.25) is 5.91 Å². The number of nitrogens with zero attached hydrogens (tertiary/aromatic N) is 3. The molecule has 2 aromatic carbocycles. The summed E-state index contributed by atoms with van der Waals surface area (Å²) >= 11 is 6.37. The lowest BCUT2D eigenvalue weighted by molar-refractivity contribution is -0.133. The summed E-state index contributed by atoms with van der Waals surface area (Å²) in [5.74, 6) is 0.206. The number of carbonyl (C=O) groups excluding carboxylic acids is 2. The van der Waals surface area contributed by atoms with E-state index in [0.717, 1.165) is 16.3 Å². The van der Waals surface area contributed by atoms with E-state index in [2.05, 4.69) is 23.7 Å². The molecule has 0 atom stereocenters. The van der Waals surface area contributed by atoms with Crippen molar-refractivity contribution in [3.8, 4) is 0 Å². The second kappa shape index (κ2) is 12.5. The van der Waals surface area contributed by atoms with E-state index in [1.807, 2.05) is 91.7 Å². The number of urea groups is 1. The molecule has 0 fully saturated rings. The highest BCUT2D eigenvalue weighted by Gasteiger charge is 2.25. The van der Waals surface area contributed by atoms with Gasteiger partial charge in [-0.1, -0.05) is 61.8 Å². The fourth-order valence-electron chi connectivity index (χ4n) is 3.90. The molecular formula is C28H35ClN4O2. The summed E-state index contributed by atoms with van der Waals surface area (Å²) in [5.41, 5.74) is 2.74. The zero-order valence-corrected chi connectivity index (χ0v) is 21.7. The first-order valence-corrected chi connectivity index (χ1v) is 12.4. The maximum atomic E-state index is 13.5. The average molecular weight is 495 g/mol. The topological polar surface area (TPSA) is 57.6 Å². The highest BCUT2D eigenvalue weighted by atomic mass is 35.5. The summed E-state index contributed by atoms with van der Waals surface area (Å²) in [4.78, 5) is 29.9. The van der Waals surface area contributed by atoms with E-state index in [-0.39, 0.29) is 30.4 Å². The van der Waals surface area contributed by atoms with Gasteiger partial charge in [-0.2, -0.15) is 0 Å². The van der Waals surface area contributed by atoms with Gasteiger partial charge in [-0.15, -0.1) is 0 Å². The van der Waals surface area contributed by atoms with Gasteiger partial charge >= 0.3 is 6.03 Å². The third-order valence-corrected chi connectivity index (χ3v) is 6.10. The molecule has 1 heterocycles. The molecule has 3 amide bonds. The molecule has 0 spiro atoms. The van der Waals surface area contributed by atoms with E-state index >= 15 is 0 Å². The average Bonchev–Trinajstić information content (AvgIpc) is 3.25. The largest absolute Gasteiger partial charge is 0.345 e. The van der Waals surface area contributed by atoms with Crippen LogP contribution in [0.5, 0.6) is 0 Å². The molecule has 0 aliphatic rings. The van der Waals surface area contributed by atoms with Gasteiger partial charge < -0.3 is 19.7 Å². The minimum absolute atomic E-state index is 0.00821. The van der Waals surface area contributed by atoms with Crippen molar-refractivity contribution in [3.63, 3.8) is 0 Å². The van der Waals surface area contributed by atoms with Crippen LogP contribution in [0.3, 0.4) is 0 Å². The van der Waals surface area contributed by atoms with E-state index in [1.165, 1.54) is 0 Å². The minimum Gasteiger partial charge on any atom is -0.345 e. The Labute approximate surface area is 213 Å². The van der Waals surface area contributed by atoms with Crippen molar-refractivity contribution in [3.05, 3.63) is 89.2 Å². The van der Waals surface area contributed by atoms with Gasteiger partial charge in [0.1, 0.15) is 6.54 Å². The normalized spacial score (nSPS) is 11.1. The maximum Gasteiger partial charge on any atom is 0.322 e. The minimum atomic E-state index is -0.286. The fourth-order valence-corrected chi connectivity index (χ4v) is 4.10. The molecule has 0 unspecified atom stereocenters. The van der Waals surface area contributed by atoms with Crippen molar-refractivity contribution in [1.29, 1.82) is 0 Å². The highest BCUT2D eigenvalue weighted by molar-refractivity contribution is 6.31. The van der Waals surface area contributed by atoms with E-state index in [9.17, 15) is 9.59 Å². The van der Waals surface area contributed by atoms with E-state index in [0.29, 0.717) is 25.3 Å². The Morgan fingerprint density at radius 1 is 0.943 bits per heavy atom. The number of para-hydroxylation sites is 1. The zero-order chi connectivity index (χ0) is 25.4. The number of aromatic nitrogens is 1. The first-order valence-electron chi connectivity index (χ1n) is 12.0. The molecule has 35 heavy (non-hydrogen) atoms. The fraction of sp³-hybridized carbons (Fsp3) is 0.357. The van der Waals surface area contributed by atoms with Crippen molar-refractivity contribution in [2.24, 2.45) is 5.92 Å². The maximum absolute atomic E-state index is 13.5. The van der Waals surface area contributed by atoms with Crippen LogP contribution in [0.25, 0.3) is 0 Å². The smallest absolute Gasteiger partial charge is 0.322 e. The van der Waals surface area contributed by atoms with Crippen molar-refractivity contribution < 1.29 is 9.59 Å². The van der Waals surface area contributed by atoms with Gasteiger partial charge in [0.15, 0.2) is 0 Å². The van der Waals surface area contributed by atoms with Crippen LogP contribution in [0, 0.1) is 5.92 Å². The van der Waals surface area contributed by atoms with Crippen molar-refractivity contribution in [1.82, 2.24) is 14.4 Å². The Hall–Kier alpha value is -3.25. The Balaban J connectivity index is 1.74. The number of anilines is 1. The number of hydrogen-bond donors (Lipinski definition) is 1. The van der Waals surface area contributed by atoms with Crippen LogP contribution < -0.4 is 5.32 Å². The molecule has 186 valence electrons. The SMILES string of the molecule is CC(C)CN(Cc1cccn1Cc1ccccc1Cl)C(=O)CN(C(=O)Nc1ccccc1)C(C)C. The molecule has 0 saturated carbocycles. The van der Waals surface area contributed by atoms with Gasteiger partial charge in [-0.3, -0.25) is 4.79 Å². The second-order valence-corrected chi connectivity index (χ2v) is 9.81. The van der Waals surface area contributed by atoms with E-state index in [1.54, 1.807) is 4.90 Å². The standard InChI is InChI=1S/C28H35ClN4O2/c1-21(2)17-32(19-25-14-10-16-31(25)18-23-11-8-9-15-26(23)29)27(34)20-33(22(3)4)28(35)30-24-12-6-5-7-13-24/h5-16,21-22H,17-20H2,1-4H3,(H,30,35). The number of benzene rings is 2. The van der Waals surface area contributed by atoms with Crippen LogP contribution in [-0.2, 0) is 17.9 Å². The van der Waals surface area contributed by atoms with Crippen LogP contribution in [-0.4, -0.2) is 45.4 Å². The molecule has 0 aliphatic carbocycles. The lowest BCUT2D eigenvalue weighted by atomic mass is 10.2. The van der Waals surface area contributed by atoms with Gasteiger partial charge in [0.05, 0.1) is 6.54 Å². The van der Waals surface area contributed by atoms with Gasteiger partial charge in [0.25, 0.3) is 0 Å². The lowest BCUT2D eigenvalue weighted by Gasteiger charge is -2.31. The Bertz CT molecular complexity index is 1110. The summed E-state index contributed by atoms with van der Waals surface area (Å²) in [6.07, 6.45) is 2.00. The van der Waals surface area contributed by atoms with Gasteiger partial charge in [-0.05, 0) is 55.7 Å². The third-order valence-electron chi connectivity index (χ3n) is 5.73. The molecule has 0 bridgehead atoms. The summed E-state index contributed by atoms with van der Waals surface area (Å²) in [7, 11) is 0. The van der Waals surface area contributed by atoms with Crippen LogP contribution in [0.4, 0.5) is 10.5 Å². The number of hydrogen-bond acceptors (Lipinski definition) is 2. The molecule has 3 aromatic rings. The number of carbonyl (C=O) groups is 2. The number of nitrogens with one attached hydrogen (secondary N) is 1. The highest BCUT2D eigenvalue weighted by Crippen LogP contribution is 2.19. The predicted octanol–water partition coefficient (Wildman–Crippen LogP) is 6.12. The van der Waals surface area contributed by atoms with Crippen LogP contribution >= 0.6 is 11.6 Å². The summed E-state index contributed by atoms with van der Waals surface area (Å²) in [6.45, 7) is 9.70. The molecule has 3 rings (SSSR count). The second-order valence-electron chi connectivity index (χ2n) is 9.40. The van der Waals surface area contributed by atoms with Crippen molar-refractivity contribution in [2.75, 3.05) is 18.4 Å². The van der Waals surface area contributed by atoms with Crippen molar-refractivity contribution >= 4 is 29.2 Å². The molecular weight excluding hydrogens is 460 g/mol. The van der Waals surface area contributed by atoms with E-state index < -0.39 is 0 Å². The molecule has 0 aliphatic heterocycles. The molecule has 6 nitrogen and oxygen atoms in total. The van der Waals surface area contributed by atoms with Crippen molar-refractivity contribution in [2.45, 2.75) is 46.8 Å². The molecule has 1 aromatic heterocycles. The number of amides is 3. The lowest BCUT2D eigenvalue weighted by Crippen LogP contribution is -2.48. The third kappa shape index (κ3) is 7.62. The summed E-state index contributed by atoms with van der Waals surface area (Å²) in [6, 6.07) is 20.7. The van der Waals surface area contributed by atoms with Crippen LogP contribution in [0.2, 0.25) is 5.02 Å². The van der Waals surface area contributed by atoms with Crippen LogP contribution in [0.1, 0.15) is 39.0 Å². The Morgan fingerprint density at radius 3 is 2.29 bits per heavy atom. The quantitative estimate of drug-likeness (QED) is 0.369. The zero-order valence-electron chi connectivity index (χ0n) is 20.9. The Kier molecular flexibility index (Phi) is 9.38. The molecule has 0 radical (unpaired) electrons. The van der Waals surface area contributed by atoms with Gasteiger partial charge in [-0.25, -0.2) is 4.79 Å². The van der Waals surface area contributed by atoms with Crippen LogP contribution in [0.15, 0.2) is 72.9 Å². The molecule has 7 heteroatoms. The van der Waals surface area contributed by atoms with E-state index in [4.69, 9.17) is 11.6 Å². The van der Waals surface area contributed by atoms with Gasteiger partial charge in [0, 0.05) is 41.7 Å². The summed E-state index contributed by atoms with van der Waals surface area (Å²) < 4.78 is 2.12. The predicted molar refractivity (Wildman–Crippen MR) is 143 cm³/mol. The first kappa shape index (κ1) is 26.4. The first-order chi connectivity index (χ1) is 16.7. The molecule has 0 saturated heterocycles.